The minimum absolute atomic E-state index is 0.426. The van der Waals surface area contributed by atoms with Gasteiger partial charge < -0.3 is 9.64 Å². The second kappa shape index (κ2) is 6.21. The molecule has 2 aromatic rings. The van der Waals surface area contributed by atoms with Crippen LogP contribution in [0.2, 0.25) is 0 Å². The first-order valence-electron chi connectivity index (χ1n) is 9.57. The zero-order chi connectivity index (χ0) is 16.8. The summed E-state index contributed by atoms with van der Waals surface area (Å²) in [5.41, 5.74) is 0.859. The molecule has 7 nitrogen and oxygen atoms in total. The number of hydrogen-bond donors (Lipinski definition) is 0. The SMILES string of the molecule is CN(CC1CCCO1)C1CN(c2ccc3nnc(C4CCC4)n3n2)C1. The molecule has 1 aliphatic carbocycles. The van der Waals surface area contributed by atoms with Gasteiger partial charge in [0.15, 0.2) is 11.5 Å². The zero-order valence-corrected chi connectivity index (χ0v) is 14.8. The van der Waals surface area contributed by atoms with Crippen molar-refractivity contribution < 1.29 is 4.74 Å². The number of likely N-dealkylation sites (N-methyl/N-ethyl adjacent to an activating group) is 1. The van der Waals surface area contributed by atoms with Crippen molar-refractivity contribution in [2.45, 2.75) is 50.2 Å². The summed E-state index contributed by atoms with van der Waals surface area (Å²) in [7, 11) is 2.22. The maximum absolute atomic E-state index is 5.76. The summed E-state index contributed by atoms with van der Waals surface area (Å²) >= 11 is 0. The summed E-state index contributed by atoms with van der Waals surface area (Å²) in [5.74, 6) is 2.62. The van der Waals surface area contributed by atoms with Crippen molar-refractivity contribution in [3.05, 3.63) is 18.0 Å². The van der Waals surface area contributed by atoms with Crippen molar-refractivity contribution in [3.8, 4) is 0 Å². The fraction of sp³-hybridized carbons (Fsp3) is 0.722. The maximum Gasteiger partial charge on any atom is 0.178 e. The van der Waals surface area contributed by atoms with Crippen LogP contribution < -0.4 is 4.90 Å². The van der Waals surface area contributed by atoms with E-state index >= 15 is 0 Å². The average molecular weight is 342 g/mol. The first-order valence-corrected chi connectivity index (χ1v) is 9.57. The first kappa shape index (κ1) is 15.5. The molecule has 7 heteroatoms. The van der Waals surface area contributed by atoms with Gasteiger partial charge in [0.05, 0.1) is 6.10 Å². The maximum atomic E-state index is 5.76. The van der Waals surface area contributed by atoms with Gasteiger partial charge in [-0.05, 0) is 44.9 Å². The summed E-state index contributed by atoms with van der Waals surface area (Å²) in [6.45, 7) is 4.04. The fourth-order valence-corrected chi connectivity index (χ4v) is 4.07. The number of rotatable bonds is 5. The van der Waals surface area contributed by atoms with E-state index in [0.717, 1.165) is 43.5 Å². The average Bonchev–Trinajstić information content (AvgIpc) is 3.14. The molecule has 2 saturated heterocycles. The van der Waals surface area contributed by atoms with Crippen molar-refractivity contribution >= 4 is 11.5 Å². The summed E-state index contributed by atoms with van der Waals surface area (Å²) in [4.78, 5) is 4.80. The molecule has 0 spiro atoms. The molecule has 4 heterocycles. The van der Waals surface area contributed by atoms with E-state index in [1.54, 1.807) is 0 Å². The van der Waals surface area contributed by atoms with Gasteiger partial charge in [-0.25, -0.2) is 0 Å². The van der Waals surface area contributed by atoms with Crippen LogP contribution in [-0.4, -0.2) is 70.1 Å². The van der Waals surface area contributed by atoms with E-state index in [2.05, 4.69) is 33.1 Å². The Hall–Kier alpha value is -1.73. The molecule has 3 fully saturated rings. The molecular weight excluding hydrogens is 316 g/mol. The van der Waals surface area contributed by atoms with Crippen molar-refractivity contribution in [2.75, 3.05) is 38.2 Å². The standard InChI is InChI=1S/C18H26N6O/c1-22(12-15-6-3-9-25-15)14-10-23(11-14)17-8-7-16-19-20-18(24(16)21-17)13-4-2-5-13/h7-8,13-15H,2-6,9-12H2,1H3. The summed E-state index contributed by atoms with van der Waals surface area (Å²) < 4.78 is 7.72. The Morgan fingerprint density at radius 3 is 2.76 bits per heavy atom. The summed E-state index contributed by atoms with van der Waals surface area (Å²) in [6.07, 6.45) is 6.57. The molecule has 0 radical (unpaired) electrons. The summed E-state index contributed by atoms with van der Waals surface area (Å²) in [5, 5.41) is 13.5. The molecular formula is C18H26N6O. The Morgan fingerprint density at radius 1 is 1.16 bits per heavy atom. The van der Waals surface area contributed by atoms with Gasteiger partial charge in [0, 0.05) is 38.2 Å². The molecule has 3 aliphatic rings. The van der Waals surface area contributed by atoms with Crippen molar-refractivity contribution in [1.82, 2.24) is 24.7 Å². The molecule has 0 amide bonds. The molecule has 1 unspecified atom stereocenters. The predicted molar refractivity (Wildman–Crippen MR) is 95.0 cm³/mol. The van der Waals surface area contributed by atoms with E-state index < -0.39 is 0 Å². The van der Waals surface area contributed by atoms with Crippen LogP contribution in [0.4, 0.5) is 5.82 Å². The second-order valence-electron chi connectivity index (χ2n) is 7.78. The monoisotopic (exact) mass is 342 g/mol. The van der Waals surface area contributed by atoms with Gasteiger partial charge in [-0.15, -0.1) is 15.3 Å². The molecule has 0 N–H and O–H groups in total. The Balaban J connectivity index is 1.25. The highest BCUT2D eigenvalue weighted by atomic mass is 16.5. The third kappa shape index (κ3) is 2.79. The highest BCUT2D eigenvalue weighted by molar-refractivity contribution is 5.48. The van der Waals surface area contributed by atoms with Crippen LogP contribution in [0.5, 0.6) is 0 Å². The lowest BCUT2D eigenvalue weighted by molar-refractivity contribution is 0.0627. The molecule has 0 bridgehead atoms. The predicted octanol–water partition coefficient (Wildman–Crippen LogP) is 1.69. The molecule has 25 heavy (non-hydrogen) atoms. The third-order valence-electron chi connectivity index (χ3n) is 6.07. The van der Waals surface area contributed by atoms with Gasteiger partial charge in [0.25, 0.3) is 0 Å². The molecule has 2 aliphatic heterocycles. The van der Waals surface area contributed by atoms with Gasteiger partial charge in [-0.2, -0.15) is 4.52 Å². The Morgan fingerprint density at radius 2 is 2.04 bits per heavy atom. The Kier molecular flexibility index (Phi) is 3.86. The second-order valence-corrected chi connectivity index (χ2v) is 7.78. The lowest BCUT2D eigenvalue weighted by Gasteiger charge is -2.45. The van der Waals surface area contributed by atoms with Crippen molar-refractivity contribution in [3.63, 3.8) is 0 Å². The van der Waals surface area contributed by atoms with E-state index in [-0.39, 0.29) is 0 Å². The van der Waals surface area contributed by atoms with Gasteiger partial charge in [0.2, 0.25) is 0 Å². The Bertz CT molecular complexity index is 745. The highest BCUT2D eigenvalue weighted by Crippen LogP contribution is 2.35. The highest BCUT2D eigenvalue weighted by Gasteiger charge is 2.33. The molecule has 0 aromatic carbocycles. The molecule has 5 rings (SSSR count). The number of ether oxygens (including phenoxy) is 1. The van der Waals surface area contributed by atoms with E-state index in [1.807, 2.05) is 10.6 Å². The third-order valence-corrected chi connectivity index (χ3v) is 6.07. The topological polar surface area (TPSA) is 58.8 Å². The summed E-state index contributed by atoms with van der Waals surface area (Å²) in [6, 6.07) is 4.71. The minimum atomic E-state index is 0.426. The zero-order valence-electron chi connectivity index (χ0n) is 14.8. The van der Waals surface area contributed by atoms with Crippen LogP contribution in [0.25, 0.3) is 5.65 Å². The Labute approximate surface area is 148 Å². The van der Waals surface area contributed by atoms with Crippen LogP contribution in [0.15, 0.2) is 12.1 Å². The lowest BCUT2D eigenvalue weighted by Crippen LogP contribution is -2.59. The van der Waals surface area contributed by atoms with Crippen LogP contribution >= 0.6 is 0 Å². The van der Waals surface area contributed by atoms with Gasteiger partial charge >= 0.3 is 0 Å². The fourth-order valence-electron chi connectivity index (χ4n) is 4.07. The minimum Gasteiger partial charge on any atom is -0.377 e. The van der Waals surface area contributed by atoms with E-state index in [0.29, 0.717) is 18.1 Å². The molecule has 1 saturated carbocycles. The van der Waals surface area contributed by atoms with Gasteiger partial charge in [-0.3, -0.25) is 4.90 Å². The number of nitrogens with zero attached hydrogens (tertiary/aromatic N) is 6. The van der Waals surface area contributed by atoms with E-state index in [1.165, 1.54) is 32.1 Å². The van der Waals surface area contributed by atoms with Crippen molar-refractivity contribution in [2.24, 2.45) is 0 Å². The van der Waals surface area contributed by atoms with E-state index in [9.17, 15) is 0 Å². The quantitative estimate of drug-likeness (QED) is 0.824. The van der Waals surface area contributed by atoms with Crippen LogP contribution in [-0.2, 0) is 4.74 Å². The number of anilines is 1. The van der Waals surface area contributed by atoms with Crippen LogP contribution in [0.1, 0.15) is 43.8 Å². The van der Waals surface area contributed by atoms with E-state index in [4.69, 9.17) is 9.84 Å². The molecule has 1 atom stereocenters. The van der Waals surface area contributed by atoms with Gasteiger partial charge in [0.1, 0.15) is 5.82 Å². The lowest BCUT2D eigenvalue weighted by atomic mass is 9.85. The van der Waals surface area contributed by atoms with Gasteiger partial charge in [-0.1, -0.05) is 6.42 Å². The number of hydrogen-bond acceptors (Lipinski definition) is 6. The smallest absolute Gasteiger partial charge is 0.178 e. The number of aromatic nitrogens is 4. The molecule has 134 valence electrons. The number of fused-ring (bicyclic) bond motifs is 1. The largest absolute Gasteiger partial charge is 0.377 e. The first-order chi connectivity index (χ1) is 12.3. The van der Waals surface area contributed by atoms with Crippen LogP contribution in [0, 0.1) is 0 Å². The van der Waals surface area contributed by atoms with Crippen molar-refractivity contribution in [1.29, 1.82) is 0 Å². The van der Waals surface area contributed by atoms with Crippen LogP contribution in [0.3, 0.4) is 0 Å². The normalized spacial score (nSPS) is 24.9. The molecule has 2 aromatic heterocycles.